The predicted molar refractivity (Wildman–Crippen MR) is 168 cm³/mol. The summed E-state index contributed by atoms with van der Waals surface area (Å²) < 4.78 is 101. The maximum absolute atomic E-state index is 14.8. The number of alkyl halides is 5. The Kier molecular flexibility index (Phi) is 14.9. The van der Waals surface area contributed by atoms with E-state index in [1.54, 1.807) is 24.3 Å². The van der Waals surface area contributed by atoms with E-state index in [4.69, 9.17) is 5.41 Å². The minimum Gasteiger partial charge on any atom is -0.453 e. The molecule has 0 heterocycles. The van der Waals surface area contributed by atoms with E-state index in [1.807, 2.05) is 5.32 Å². The Hall–Kier alpha value is -3.45. The van der Waals surface area contributed by atoms with Gasteiger partial charge in [0.05, 0.1) is 36.9 Å². The summed E-state index contributed by atoms with van der Waals surface area (Å²) in [6.07, 6.45) is -8.34. The summed E-state index contributed by atoms with van der Waals surface area (Å²) in [5.74, 6) is -3.35. The quantitative estimate of drug-likeness (QED) is 0.0823. The number of aliphatic hydroxyl groups excluding tert-OH is 1. The number of aliphatic hydroxyl groups is 1. The molecule has 6 N–H and O–H groups in total. The van der Waals surface area contributed by atoms with Crippen molar-refractivity contribution < 1.29 is 50.2 Å². The van der Waals surface area contributed by atoms with Crippen molar-refractivity contribution in [2.75, 3.05) is 20.2 Å². The van der Waals surface area contributed by atoms with Gasteiger partial charge in [0.1, 0.15) is 17.7 Å². The highest BCUT2D eigenvalue weighted by atomic mass is 127. The lowest BCUT2D eigenvalue weighted by molar-refractivity contribution is -0.220. The van der Waals surface area contributed by atoms with Crippen LogP contribution in [0.15, 0.2) is 48.7 Å². The van der Waals surface area contributed by atoms with Gasteiger partial charge in [-0.3, -0.25) is 4.79 Å². The third-order valence-electron chi connectivity index (χ3n) is 7.07. The first-order valence-corrected chi connectivity index (χ1v) is 15.0. The van der Waals surface area contributed by atoms with E-state index in [9.17, 15) is 45.4 Å². The van der Waals surface area contributed by atoms with Crippen LogP contribution >= 0.6 is 22.6 Å². The van der Waals surface area contributed by atoms with Gasteiger partial charge in [0.15, 0.2) is 0 Å². The van der Waals surface area contributed by atoms with E-state index in [-0.39, 0.29) is 24.2 Å². The number of hydrogen-bond donors (Lipinski definition) is 6. The van der Waals surface area contributed by atoms with Gasteiger partial charge in [-0.2, -0.15) is 13.2 Å². The van der Waals surface area contributed by atoms with E-state index in [2.05, 4.69) is 43.3 Å². The molecule has 2 amide bonds. The van der Waals surface area contributed by atoms with Crippen LogP contribution in [0.25, 0.3) is 0 Å². The second kappa shape index (κ2) is 17.6. The van der Waals surface area contributed by atoms with Crippen molar-refractivity contribution in [2.45, 2.75) is 57.6 Å². The molecular weight excluding hydrogens is 754 g/mol. The Labute approximate surface area is 280 Å². The molecule has 0 aliphatic rings. The molecule has 0 aromatic heterocycles. The molecule has 0 unspecified atom stereocenters. The zero-order valence-corrected chi connectivity index (χ0v) is 27.6. The fraction of sp³-hybridized carbons (Fsp3) is 0.433. The number of carbonyl (C=O) groups excluding carboxylic acids is 2. The van der Waals surface area contributed by atoms with Gasteiger partial charge in [0.25, 0.3) is 6.43 Å². The van der Waals surface area contributed by atoms with Gasteiger partial charge >= 0.3 is 12.3 Å². The molecule has 3 atom stereocenters. The molecule has 0 aliphatic carbocycles. The Bertz CT molecular complexity index is 1380. The molecule has 2 aromatic rings. The zero-order chi connectivity index (χ0) is 35.5. The number of alkyl carbamates (subject to hydrolysis) is 1. The molecule has 0 saturated heterocycles. The summed E-state index contributed by atoms with van der Waals surface area (Å²) in [6.45, 7) is -0.0890. The Morgan fingerprint density at radius 2 is 1.64 bits per heavy atom. The predicted octanol–water partition coefficient (Wildman–Crippen LogP) is 4.80. The average Bonchev–Trinajstić information content (AvgIpc) is 2.98. The first kappa shape index (κ1) is 39.7. The van der Waals surface area contributed by atoms with E-state index in [0.717, 1.165) is 48.9 Å². The molecule has 2 aromatic carbocycles. The summed E-state index contributed by atoms with van der Waals surface area (Å²) in [4.78, 5) is 25.1. The molecule has 2 rings (SSSR count). The number of hydrogen-bond acceptors (Lipinski definition) is 7. The molecule has 9 nitrogen and oxygen atoms in total. The monoisotopic (exact) mass is 789 g/mol. The fourth-order valence-corrected chi connectivity index (χ4v) is 4.51. The van der Waals surface area contributed by atoms with E-state index >= 15 is 0 Å². The zero-order valence-electron chi connectivity index (χ0n) is 25.5. The average molecular weight is 790 g/mol. The van der Waals surface area contributed by atoms with Crippen LogP contribution in [0.5, 0.6) is 0 Å². The largest absolute Gasteiger partial charge is 0.453 e. The van der Waals surface area contributed by atoms with Gasteiger partial charge in [0, 0.05) is 27.8 Å². The maximum atomic E-state index is 14.8. The van der Waals surface area contributed by atoms with E-state index < -0.39 is 78.5 Å². The van der Waals surface area contributed by atoms with Gasteiger partial charge in [0.2, 0.25) is 5.91 Å². The minimum atomic E-state index is -4.94. The second-order valence-electron chi connectivity index (χ2n) is 10.9. The maximum Gasteiger partial charge on any atom is 0.407 e. The van der Waals surface area contributed by atoms with Crippen LogP contribution in [0.1, 0.15) is 30.5 Å². The summed E-state index contributed by atoms with van der Waals surface area (Å²) in [7, 11) is 0.915. The lowest BCUT2D eigenvalue weighted by atomic mass is 9.82. The van der Waals surface area contributed by atoms with Crippen molar-refractivity contribution in [3.8, 4) is 0 Å². The second-order valence-corrected chi connectivity index (χ2v) is 12.1. The molecule has 0 saturated carbocycles. The van der Waals surface area contributed by atoms with E-state index in [0.29, 0.717) is 5.56 Å². The smallest absolute Gasteiger partial charge is 0.407 e. The topological polar surface area (TPSA) is 136 Å². The van der Waals surface area contributed by atoms with Gasteiger partial charge in [-0.25, -0.2) is 22.4 Å². The third kappa shape index (κ3) is 11.9. The van der Waals surface area contributed by atoms with Crippen LogP contribution in [0, 0.1) is 26.0 Å². The van der Waals surface area contributed by atoms with Gasteiger partial charge in [-0.15, -0.1) is 0 Å². The summed E-state index contributed by atoms with van der Waals surface area (Å²) >= 11 is 2.05. The van der Waals surface area contributed by atoms with Crippen LogP contribution in [-0.4, -0.2) is 73.8 Å². The standard InChI is InChI=1S/C30H35F7IN5O4/c1-29(2,30(35,36)37)26(43-28(46)47-3)27(45)42-23(10-16-4-6-18(38)7-5-16)24(44)14-41-13-19-20(31)11-17(12-21(19)32)22(39)8-9-40-15-25(33)34/h4-9,11-12,23-26,39-41,44H,10,13-15H2,1-3H3,(H,42,45)(H,43,46)/b9-8-,39-22?/t23-,24-,26+/m0/s1. The number of halogens is 8. The normalized spacial score (nSPS) is 14.1. The van der Waals surface area contributed by atoms with Crippen molar-refractivity contribution >= 4 is 40.3 Å². The summed E-state index contributed by atoms with van der Waals surface area (Å²) in [6, 6.07) is 5.17. The highest BCUT2D eigenvalue weighted by Crippen LogP contribution is 2.40. The van der Waals surface area contributed by atoms with Crippen molar-refractivity contribution in [1.29, 1.82) is 5.41 Å². The number of allylic oxidation sites excluding steroid dienone is 1. The third-order valence-corrected chi connectivity index (χ3v) is 7.79. The van der Waals surface area contributed by atoms with Crippen LogP contribution in [0.3, 0.4) is 0 Å². The van der Waals surface area contributed by atoms with Crippen LogP contribution < -0.4 is 21.3 Å². The number of benzene rings is 2. The van der Waals surface area contributed by atoms with Crippen LogP contribution in [0.2, 0.25) is 0 Å². The van der Waals surface area contributed by atoms with Gasteiger partial charge < -0.3 is 36.5 Å². The van der Waals surface area contributed by atoms with Crippen molar-refractivity contribution in [1.82, 2.24) is 21.3 Å². The van der Waals surface area contributed by atoms with Crippen molar-refractivity contribution in [3.63, 3.8) is 0 Å². The molecular formula is C30H35F7IN5O4. The van der Waals surface area contributed by atoms with Crippen molar-refractivity contribution in [3.05, 3.63) is 80.6 Å². The highest BCUT2D eigenvalue weighted by Gasteiger charge is 2.56. The molecule has 0 fully saturated rings. The fourth-order valence-electron chi connectivity index (χ4n) is 4.15. The molecule has 0 aliphatic heterocycles. The number of amides is 2. The van der Waals surface area contributed by atoms with Crippen LogP contribution in [-0.2, 0) is 22.5 Å². The number of ether oxygens (including phenoxy) is 1. The first-order chi connectivity index (χ1) is 21.9. The SMILES string of the molecule is COC(=O)N[C@H](C(=O)N[C@@H](Cc1ccc(I)cc1)[C@@H](O)CNCc1c(F)cc(C(=N)/C=C\NCC(F)F)cc1F)C(C)(C)C(F)(F)F. The van der Waals surface area contributed by atoms with Crippen molar-refractivity contribution in [2.24, 2.45) is 5.41 Å². The van der Waals surface area contributed by atoms with Gasteiger partial charge in [-0.05, 0) is 85.0 Å². The molecule has 17 heteroatoms. The van der Waals surface area contributed by atoms with E-state index in [1.165, 1.54) is 0 Å². The minimum absolute atomic E-state index is 0.0673. The Morgan fingerprint density at radius 1 is 1.04 bits per heavy atom. The Balaban J connectivity index is 2.23. The Morgan fingerprint density at radius 3 is 2.17 bits per heavy atom. The lowest BCUT2D eigenvalue weighted by Gasteiger charge is -2.36. The highest BCUT2D eigenvalue weighted by molar-refractivity contribution is 14.1. The summed E-state index contributed by atoms with van der Waals surface area (Å²) in [5, 5.41) is 28.1. The molecule has 0 spiro atoms. The molecule has 260 valence electrons. The molecule has 0 radical (unpaired) electrons. The summed E-state index contributed by atoms with van der Waals surface area (Å²) in [5.41, 5.74) is -3.16. The molecule has 0 bridgehead atoms. The number of methoxy groups -OCH3 is 1. The lowest BCUT2D eigenvalue weighted by Crippen LogP contribution is -2.62. The van der Waals surface area contributed by atoms with Crippen LogP contribution in [0.4, 0.5) is 35.5 Å². The number of nitrogens with one attached hydrogen (secondary N) is 5. The number of carbonyl (C=O) groups is 2. The number of rotatable bonds is 16. The first-order valence-electron chi connectivity index (χ1n) is 14.0. The van der Waals surface area contributed by atoms with Gasteiger partial charge in [-0.1, -0.05) is 12.1 Å². The molecule has 47 heavy (non-hydrogen) atoms.